The fraction of sp³-hybridized carbons (Fsp3) is 0.364. The van der Waals surface area contributed by atoms with Crippen molar-refractivity contribution in [1.82, 2.24) is 9.97 Å². The first-order valence-electron chi connectivity index (χ1n) is 9.66. The number of hydrogen-bond donors (Lipinski definition) is 2. The number of rotatable bonds is 7. The molecule has 1 fully saturated rings. The summed E-state index contributed by atoms with van der Waals surface area (Å²) < 4.78 is 10.6. The summed E-state index contributed by atoms with van der Waals surface area (Å²) in [5.41, 5.74) is 3.64. The lowest BCUT2D eigenvalue weighted by atomic mass is 9.85. The van der Waals surface area contributed by atoms with E-state index in [0.29, 0.717) is 18.8 Å². The quantitative estimate of drug-likeness (QED) is 0.637. The van der Waals surface area contributed by atoms with Crippen molar-refractivity contribution in [1.29, 1.82) is 0 Å². The van der Waals surface area contributed by atoms with Crippen molar-refractivity contribution in [3.05, 3.63) is 47.8 Å². The molecule has 6 heteroatoms. The van der Waals surface area contributed by atoms with Gasteiger partial charge in [-0.05, 0) is 61.2 Å². The Bertz CT molecular complexity index is 992. The van der Waals surface area contributed by atoms with Crippen molar-refractivity contribution in [3.63, 3.8) is 0 Å². The predicted molar refractivity (Wildman–Crippen MR) is 109 cm³/mol. The van der Waals surface area contributed by atoms with Crippen LogP contribution < -0.4 is 14.8 Å². The van der Waals surface area contributed by atoms with Crippen LogP contribution in [0.25, 0.3) is 11.0 Å². The predicted octanol–water partition coefficient (Wildman–Crippen LogP) is 4.42. The number of benzene rings is 2. The van der Waals surface area contributed by atoms with Crippen LogP contribution in [0.4, 0.5) is 5.69 Å². The van der Waals surface area contributed by atoms with Gasteiger partial charge in [-0.25, -0.2) is 4.98 Å². The summed E-state index contributed by atoms with van der Waals surface area (Å²) in [6, 6.07) is 11.4. The zero-order chi connectivity index (χ0) is 19.5. The lowest BCUT2D eigenvalue weighted by molar-refractivity contribution is -0.116. The second-order valence-electron chi connectivity index (χ2n) is 7.21. The van der Waals surface area contributed by atoms with Crippen LogP contribution in [-0.4, -0.2) is 30.1 Å². The number of aromatic amines is 1. The van der Waals surface area contributed by atoms with E-state index in [-0.39, 0.29) is 5.91 Å². The Hall–Kier alpha value is -3.02. The summed E-state index contributed by atoms with van der Waals surface area (Å²) in [5, 5.41) is 2.98. The fourth-order valence-corrected chi connectivity index (χ4v) is 3.53. The van der Waals surface area contributed by atoms with Gasteiger partial charge in [0.05, 0.1) is 25.3 Å². The molecule has 0 radical (unpaired) electrons. The molecule has 0 aliphatic heterocycles. The summed E-state index contributed by atoms with van der Waals surface area (Å²) in [7, 11) is 3.25. The summed E-state index contributed by atoms with van der Waals surface area (Å²) in [6.45, 7) is 0. The van der Waals surface area contributed by atoms with Crippen LogP contribution in [0.3, 0.4) is 0 Å². The van der Waals surface area contributed by atoms with Gasteiger partial charge in [0.1, 0.15) is 17.3 Å². The number of imidazole rings is 1. The minimum absolute atomic E-state index is 0.0389. The molecule has 1 amide bonds. The molecule has 1 aliphatic rings. The van der Waals surface area contributed by atoms with Gasteiger partial charge in [-0.15, -0.1) is 0 Å². The highest BCUT2D eigenvalue weighted by molar-refractivity contribution is 5.93. The number of ether oxygens (including phenoxy) is 2. The van der Waals surface area contributed by atoms with E-state index in [1.54, 1.807) is 14.2 Å². The molecule has 1 saturated carbocycles. The van der Waals surface area contributed by atoms with Gasteiger partial charge < -0.3 is 19.8 Å². The van der Waals surface area contributed by atoms with Crippen molar-refractivity contribution in [3.8, 4) is 11.5 Å². The van der Waals surface area contributed by atoms with Crippen LogP contribution >= 0.6 is 0 Å². The third kappa shape index (κ3) is 3.81. The molecule has 6 nitrogen and oxygen atoms in total. The number of carbonyl (C=O) groups is 1. The number of nitrogens with zero attached hydrogens (tertiary/aromatic N) is 1. The van der Waals surface area contributed by atoms with Crippen molar-refractivity contribution in [2.24, 2.45) is 0 Å². The first kappa shape index (κ1) is 18.3. The third-order valence-electron chi connectivity index (χ3n) is 5.38. The van der Waals surface area contributed by atoms with Crippen LogP contribution in [0.1, 0.15) is 43.0 Å². The summed E-state index contributed by atoms with van der Waals surface area (Å²) in [6.07, 6.45) is 4.62. The number of fused-ring (bicyclic) bond motifs is 1. The molecule has 0 spiro atoms. The zero-order valence-electron chi connectivity index (χ0n) is 16.2. The van der Waals surface area contributed by atoms with E-state index in [9.17, 15) is 4.79 Å². The van der Waals surface area contributed by atoms with E-state index in [0.717, 1.165) is 39.6 Å². The average Bonchev–Trinajstić information content (AvgIpc) is 3.07. The van der Waals surface area contributed by atoms with Gasteiger partial charge >= 0.3 is 0 Å². The second kappa shape index (κ2) is 7.92. The van der Waals surface area contributed by atoms with Gasteiger partial charge in [0.15, 0.2) is 0 Å². The van der Waals surface area contributed by atoms with E-state index < -0.39 is 0 Å². The molecule has 146 valence electrons. The van der Waals surface area contributed by atoms with Gasteiger partial charge in [-0.3, -0.25) is 4.79 Å². The maximum absolute atomic E-state index is 12.4. The van der Waals surface area contributed by atoms with E-state index >= 15 is 0 Å². The lowest BCUT2D eigenvalue weighted by Crippen LogP contribution is -2.12. The monoisotopic (exact) mass is 379 g/mol. The number of nitrogens with one attached hydrogen (secondary N) is 2. The maximum Gasteiger partial charge on any atom is 0.224 e. The molecule has 2 N–H and O–H groups in total. The second-order valence-corrected chi connectivity index (χ2v) is 7.21. The van der Waals surface area contributed by atoms with Crippen LogP contribution in [0.5, 0.6) is 11.5 Å². The molecule has 1 heterocycles. The molecular formula is C22H25N3O3. The number of hydrogen-bond acceptors (Lipinski definition) is 4. The smallest absolute Gasteiger partial charge is 0.224 e. The molecule has 0 atom stereocenters. The van der Waals surface area contributed by atoms with Gasteiger partial charge in [0.25, 0.3) is 0 Å². The van der Waals surface area contributed by atoms with E-state index in [2.05, 4.69) is 15.3 Å². The SMILES string of the molecule is COc1ccc(OC)c(CCC(=O)Nc2ccc3nc(C4CCC4)[nH]c3c2)c1. The summed E-state index contributed by atoms with van der Waals surface area (Å²) in [5.74, 6) is 3.10. The van der Waals surface area contributed by atoms with Crippen LogP contribution in [-0.2, 0) is 11.2 Å². The molecular weight excluding hydrogens is 354 g/mol. The Balaban J connectivity index is 1.41. The molecule has 3 aromatic rings. The zero-order valence-corrected chi connectivity index (χ0v) is 16.2. The van der Waals surface area contributed by atoms with E-state index in [1.165, 1.54) is 19.3 Å². The maximum atomic E-state index is 12.4. The highest BCUT2D eigenvalue weighted by atomic mass is 16.5. The van der Waals surface area contributed by atoms with Gasteiger partial charge in [0.2, 0.25) is 5.91 Å². The average molecular weight is 379 g/mol. The molecule has 0 unspecified atom stereocenters. The standard InChI is InChI=1S/C22H25N3O3/c1-27-17-8-10-20(28-2)15(12-17)6-11-21(26)23-16-7-9-18-19(13-16)25-22(24-18)14-4-3-5-14/h7-10,12-14H,3-6,11H2,1-2H3,(H,23,26)(H,24,25). The highest BCUT2D eigenvalue weighted by Gasteiger charge is 2.22. The summed E-state index contributed by atoms with van der Waals surface area (Å²) >= 11 is 0. The van der Waals surface area contributed by atoms with Crippen molar-refractivity contribution >= 4 is 22.6 Å². The van der Waals surface area contributed by atoms with E-state index in [4.69, 9.17) is 9.47 Å². The number of anilines is 1. The van der Waals surface area contributed by atoms with Gasteiger partial charge in [-0.1, -0.05) is 6.42 Å². The first-order chi connectivity index (χ1) is 13.7. The number of aryl methyl sites for hydroxylation is 1. The fourth-order valence-electron chi connectivity index (χ4n) is 3.53. The summed E-state index contributed by atoms with van der Waals surface area (Å²) in [4.78, 5) is 20.5. The Morgan fingerprint density at radius 3 is 2.75 bits per heavy atom. The van der Waals surface area contributed by atoms with Gasteiger partial charge in [-0.2, -0.15) is 0 Å². The molecule has 28 heavy (non-hydrogen) atoms. The van der Waals surface area contributed by atoms with Crippen LogP contribution in [0.2, 0.25) is 0 Å². The van der Waals surface area contributed by atoms with Crippen molar-refractivity contribution < 1.29 is 14.3 Å². The Kier molecular flexibility index (Phi) is 5.19. The molecule has 2 aromatic carbocycles. The molecule has 4 rings (SSSR count). The number of carbonyl (C=O) groups excluding carboxylic acids is 1. The normalized spacial score (nSPS) is 13.9. The van der Waals surface area contributed by atoms with E-state index in [1.807, 2.05) is 36.4 Å². The number of aromatic nitrogens is 2. The third-order valence-corrected chi connectivity index (χ3v) is 5.38. The van der Waals surface area contributed by atoms with Crippen molar-refractivity contribution in [2.75, 3.05) is 19.5 Å². The number of amides is 1. The van der Waals surface area contributed by atoms with Crippen LogP contribution in [0.15, 0.2) is 36.4 Å². The minimum Gasteiger partial charge on any atom is -0.497 e. The van der Waals surface area contributed by atoms with Gasteiger partial charge in [0, 0.05) is 18.0 Å². The van der Waals surface area contributed by atoms with Crippen LogP contribution in [0, 0.1) is 0 Å². The Morgan fingerprint density at radius 2 is 2.04 bits per heavy atom. The molecule has 1 aliphatic carbocycles. The molecule has 1 aromatic heterocycles. The molecule has 0 bridgehead atoms. The topological polar surface area (TPSA) is 76.2 Å². The number of H-pyrrole nitrogens is 1. The lowest BCUT2D eigenvalue weighted by Gasteiger charge is -2.22. The Labute approximate surface area is 164 Å². The minimum atomic E-state index is -0.0389. The highest BCUT2D eigenvalue weighted by Crippen LogP contribution is 2.35. The largest absolute Gasteiger partial charge is 0.497 e. The molecule has 0 saturated heterocycles. The number of methoxy groups -OCH3 is 2. The Morgan fingerprint density at radius 1 is 1.18 bits per heavy atom. The first-order valence-corrected chi connectivity index (χ1v) is 9.66. The van der Waals surface area contributed by atoms with Crippen molar-refractivity contribution in [2.45, 2.75) is 38.0 Å².